The molecule has 0 fully saturated rings. The molecular formula is C16H44N4O4Si2. The third kappa shape index (κ3) is 22.2. The lowest BCUT2D eigenvalue weighted by Crippen LogP contribution is -2.25. The Balaban J connectivity index is 0. The molecule has 0 aliphatic heterocycles. The van der Waals surface area contributed by atoms with Crippen LogP contribution < -0.4 is 22.1 Å². The van der Waals surface area contributed by atoms with Gasteiger partial charge in [0, 0.05) is 54.6 Å². The number of hydrogen-bond acceptors (Lipinski definition) is 8. The first-order valence-electron chi connectivity index (χ1n) is 9.62. The summed E-state index contributed by atoms with van der Waals surface area (Å²) in [6, 6.07) is 2.51. The van der Waals surface area contributed by atoms with Crippen LogP contribution in [0.2, 0.25) is 12.1 Å². The Labute approximate surface area is 165 Å². The molecule has 0 aromatic rings. The Kier molecular flexibility index (Phi) is 27.4. The summed E-state index contributed by atoms with van der Waals surface area (Å²) in [5.41, 5.74) is 10.7. The van der Waals surface area contributed by atoms with E-state index in [0.29, 0.717) is 0 Å². The fourth-order valence-corrected chi connectivity index (χ4v) is 4.93. The highest BCUT2D eigenvalue weighted by atomic mass is 28.2. The quantitative estimate of drug-likeness (QED) is 0.118. The highest BCUT2D eigenvalue weighted by Gasteiger charge is 2.04. The van der Waals surface area contributed by atoms with Crippen molar-refractivity contribution in [2.75, 3.05) is 67.7 Å². The van der Waals surface area contributed by atoms with Crippen molar-refractivity contribution in [3.8, 4) is 0 Å². The molecule has 6 N–H and O–H groups in total. The van der Waals surface area contributed by atoms with E-state index in [9.17, 15) is 0 Å². The lowest BCUT2D eigenvalue weighted by molar-refractivity contribution is -0.0442. The monoisotopic (exact) mass is 412 g/mol. The number of nitrogens with two attached hydrogens (primary N) is 2. The summed E-state index contributed by atoms with van der Waals surface area (Å²) >= 11 is 0. The van der Waals surface area contributed by atoms with E-state index in [0.717, 1.165) is 39.3 Å². The Bertz CT molecular complexity index is 228. The summed E-state index contributed by atoms with van der Waals surface area (Å²) in [5, 5.41) is 6.52. The van der Waals surface area contributed by atoms with E-state index in [2.05, 4.69) is 10.6 Å². The van der Waals surface area contributed by atoms with Gasteiger partial charge in [-0.15, -0.1) is 0 Å². The van der Waals surface area contributed by atoms with Crippen LogP contribution in [0.1, 0.15) is 12.8 Å². The van der Waals surface area contributed by atoms with Crippen molar-refractivity contribution in [3.05, 3.63) is 0 Å². The minimum Gasteiger partial charge on any atom is -0.360 e. The van der Waals surface area contributed by atoms with Crippen molar-refractivity contribution in [3.63, 3.8) is 0 Å². The molecule has 0 heterocycles. The Hall–Kier alpha value is 0.114. The van der Waals surface area contributed by atoms with Crippen molar-refractivity contribution in [2.45, 2.75) is 36.8 Å². The second-order valence-electron chi connectivity index (χ2n) is 5.87. The topological polar surface area (TPSA) is 113 Å². The molecule has 0 radical (unpaired) electrons. The van der Waals surface area contributed by atoms with Gasteiger partial charge in [-0.05, 0) is 25.9 Å². The molecule has 0 bridgehead atoms. The molecule has 0 unspecified atom stereocenters. The van der Waals surface area contributed by atoms with Crippen LogP contribution in [0.25, 0.3) is 0 Å². The first-order valence-corrected chi connectivity index (χ1v) is 13.3. The van der Waals surface area contributed by atoms with Crippen LogP contribution in [-0.2, 0) is 18.9 Å². The number of rotatable bonds is 18. The van der Waals surface area contributed by atoms with Crippen LogP contribution in [0.3, 0.4) is 0 Å². The van der Waals surface area contributed by atoms with Gasteiger partial charge in [-0.2, -0.15) is 0 Å². The van der Waals surface area contributed by atoms with Crippen molar-refractivity contribution in [1.82, 2.24) is 10.6 Å². The zero-order valence-electron chi connectivity index (χ0n) is 17.4. The fourth-order valence-electron chi connectivity index (χ4n) is 2.24. The number of ether oxygens (including phenoxy) is 4. The van der Waals surface area contributed by atoms with Gasteiger partial charge in [0.05, 0.1) is 19.0 Å². The third-order valence-corrected chi connectivity index (χ3v) is 7.87. The molecule has 0 aromatic carbocycles. The molecule has 0 saturated heterocycles. The normalized spacial score (nSPS) is 12.0. The van der Waals surface area contributed by atoms with Gasteiger partial charge in [0.25, 0.3) is 0 Å². The fraction of sp³-hybridized carbons (Fsp3) is 1.00. The van der Waals surface area contributed by atoms with Crippen molar-refractivity contribution in [2.24, 2.45) is 11.5 Å². The van der Waals surface area contributed by atoms with E-state index in [1.165, 1.54) is 24.9 Å². The summed E-state index contributed by atoms with van der Waals surface area (Å²) in [7, 11) is 6.36. The van der Waals surface area contributed by atoms with Gasteiger partial charge in [0.1, 0.15) is 11.8 Å². The van der Waals surface area contributed by atoms with Crippen LogP contribution in [-0.4, -0.2) is 98.6 Å². The molecule has 10 heteroatoms. The summed E-state index contributed by atoms with van der Waals surface area (Å²) in [6.45, 7) is 5.39. The van der Waals surface area contributed by atoms with E-state index in [-0.39, 0.29) is 30.9 Å². The summed E-state index contributed by atoms with van der Waals surface area (Å²) in [5.74, 6) is 0.184. The second kappa shape index (κ2) is 25.1. The molecule has 0 spiro atoms. The van der Waals surface area contributed by atoms with E-state index in [4.69, 9.17) is 30.4 Å². The average molecular weight is 413 g/mol. The summed E-state index contributed by atoms with van der Waals surface area (Å²) < 4.78 is 20.5. The van der Waals surface area contributed by atoms with E-state index < -0.39 is 0 Å². The molecule has 0 aliphatic carbocycles. The number of methoxy groups -OCH3 is 4. The zero-order chi connectivity index (χ0) is 19.9. The summed E-state index contributed by atoms with van der Waals surface area (Å²) in [6.07, 6.45) is 2.41. The van der Waals surface area contributed by atoms with E-state index >= 15 is 0 Å². The maximum atomic E-state index is 5.34. The molecule has 0 amide bonds. The molecule has 0 aromatic heterocycles. The lowest BCUT2D eigenvalue weighted by atomic mass is 10.5. The lowest BCUT2D eigenvalue weighted by Gasteiger charge is -2.12. The van der Waals surface area contributed by atoms with E-state index in [1.54, 1.807) is 28.4 Å². The molecule has 0 atom stereocenters. The van der Waals surface area contributed by atoms with E-state index in [1.807, 2.05) is 0 Å². The Morgan fingerprint density at radius 2 is 1.00 bits per heavy atom. The minimum absolute atomic E-state index is 0.0921. The Morgan fingerprint density at radius 3 is 1.27 bits per heavy atom. The predicted octanol–water partition coefficient (Wildman–Crippen LogP) is -1.82. The molecule has 26 heavy (non-hydrogen) atoms. The van der Waals surface area contributed by atoms with Crippen LogP contribution in [0.15, 0.2) is 0 Å². The summed E-state index contributed by atoms with van der Waals surface area (Å²) in [4.78, 5) is 0. The standard InChI is InChI=1S/2C8H22N2O2Si/c2*1-11-8(12-2)13-7-3-5-10-6-4-9/h2*8,10H,3-7,9,13H2,1-2H3. The molecule has 0 aliphatic rings. The SMILES string of the molecule is COC(OC)[SiH2]CCCNCCN.COC(OC)[SiH2]CCCNCCN. The highest BCUT2D eigenvalue weighted by molar-refractivity contribution is 6.36. The maximum absolute atomic E-state index is 5.34. The van der Waals surface area contributed by atoms with Gasteiger partial charge in [-0.25, -0.2) is 0 Å². The smallest absolute Gasteiger partial charge is 0.134 e. The first-order chi connectivity index (χ1) is 12.7. The number of nitrogens with one attached hydrogen (secondary N) is 2. The van der Waals surface area contributed by atoms with Gasteiger partial charge < -0.3 is 41.0 Å². The van der Waals surface area contributed by atoms with Crippen LogP contribution in [0, 0.1) is 0 Å². The van der Waals surface area contributed by atoms with Crippen LogP contribution in [0.4, 0.5) is 0 Å². The molecule has 160 valence electrons. The van der Waals surface area contributed by atoms with Crippen molar-refractivity contribution >= 4 is 19.0 Å². The maximum Gasteiger partial charge on any atom is 0.134 e. The van der Waals surface area contributed by atoms with Gasteiger partial charge >= 0.3 is 0 Å². The average Bonchev–Trinajstić information content (AvgIpc) is 2.68. The minimum atomic E-state index is -0.225. The van der Waals surface area contributed by atoms with Gasteiger partial charge in [-0.1, -0.05) is 12.1 Å². The van der Waals surface area contributed by atoms with Crippen LogP contribution in [0.5, 0.6) is 0 Å². The van der Waals surface area contributed by atoms with Crippen LogP contribution >= 0.6 is 0 Å². The molecule has 0 saturated carbocycles. The second-order valence-corrected chi connectivity index (χ2v) is 9.77. The molecule has 0 rings (SSSR count). The third-order valence-electron chi connectivity index (χ3n) is 3.78. The highest BCUT2D eigenvalue weighted by Crippen LogP contribution is 1.95. The van der Waals surface area contributed by atoms with Gasteiger partial charge in [-0.3, -0.25) is 0 Å². The zero-order valence-corrected chi connectivity index (χ0v) is 20.3. The molecular weight excluding hydrogens is 368 g/mol. The first kappa shape index (κ1) is 28.3. The van der Waals surface area contributed by atoms with Gasteiger partial charge in [0.15, 0.2) is 0 Å². The Morgan fingerprint density at radius 1 is 0.654 bits per heavy atom. The number of hydrogen-bond donors (Lipinski definition) is 4. The molecule has 8 nitrogen and oxygen atoms in total. The predicted molar refractivity (Wildman–Crippen MR) is 115 cm³/mol. The van der Waals surface area contributed by atoms with Crippen molar-refractivity contribution in [1.29, 1.82) is 0 Å². The van der Waals surface area contributed by atoms with Gasteiger partial charge in [0.2, 0.25) is 0 Å². The largest absolute Gasteiger partial charge is 0.360 e. The van der Waals surface area contributed by atoms with Crippen molar-refractivity contribution < 1.29 is 18.9 Å².